The molecule has 0 aliphatic carbocycles. The Morgan fingerprint density at radius 2 is 1.81 bits per heavy atom. The molecular formula is C14H18ClN5O. The minimum absolute atomic E-state index is 0.0643. The maximum Gasteiger partial charge on any atom is 0.225 e. The summed E-state index contributed by atoms with van der Waals surface area (Å²) < 4.78 is 5.79. The van der Waals surface area contributed by atoms with Crippen LogP contribution in [0.4, 0.5) is 11.9 Å². The second-order valence-electron chi connectivity index (χ2n) is 4.57. The summed E-state index contributed by atoms with van der Waals surface area (Å²) in [6, 6.07) is 5.28. The molecule has 2 aromatic rings. The smallest absolute Gasteiger partial charge is 0.225 e. The molecule has 0 amide bonds. The fraction of sp³-hybridized carbons (Fsp3) is 0.357. The van der Waals surface area contributed by atoms with E-state index >= 15 is 0 Å². The summed E-state index contributed by atoms with van der Waals surface area (Å²) >= 11 is 6.04. The Bertz CT molecular complexity index is 600. The quantitative estimate of drug-likeness (QED) is 0.796. The van der Waals surface area contributed by atoms with Crippen LogP contribution < -0.4 is 16.2 Å². The number of aromatic nitrogens is 3. The summed E-state index contributed by atoms with van der Waals surface area (Å²) in [6.07, 6.45) is 3.24. The Kier molecular flexibility index (Phi) is 5.16. The molecule has 21 heavy (non-hydrogen) atoms. The van der Waals surface area contributed by atoms with Crippen LogP contribution in [0.15, 0.2) is 18.2 Å². The number of halogens is 1. The first-order chi connectivity index (χ1) is 10.1. The maximum atomic E-state index is 6.04. The van der Waals surface area contributed by atoms with E-state index in [4.69, 9.17) is 27.8 Å². The molecule has 0 aliphatic heterocycles. The van der Waals surface area contributed by atoms with Crippen molar-refractivity contribution >= 4 is 23.5 Å². The van der Waals surface area contributed by atoms with Crippen LogP contribution in [0.3, 0.4) is 0 Å². The van der Waals surface area contributed by atoms with E-state index < -0.39 is 0 Å². The van der Waals surface area contributed by atoms with Crippen molar-refractivity contribution in [1.29, 1.82) is 0 Å². The number of anilines is 2. The SMILES string of the molecule is CCCCCOc1ccc(Cl)cc1-c1nc(N)nc(N)n1. The van der Waals surface area contributed by atoms with E-state index in [-0.39, 0.29) is 11.9 Å². The van der Waals surface area contributed by atoms with Crippen LogP contribution in [-0.2, 0) is 0 Å². The van der Waals surface area contributed by atoms with Crippen LogP contribution in [0.1, 0.15) is 26.2 Å². The number of ether oxygens (including phenoxy) is 1. The summed E-state index contributed by atoms with van der Waals surface area (Å²) in [5.41, 5.74) is 11.9. The molecule has 0 radical (unpaired) electrons. The average Bonchev–Trinajstić information content (AvgIpc) is 2.44. The molecule has 0 atom stereocenters. The summed E-state index contributed by atoms with van der Waals surface area (Å²) in [6.45, 7) is 2.77. The molecule has 1 aromatic carbocycles. The fourth-order valence-corrected chi connectivity index (χ4v) is 2.04. The lowest BCUT2D eigenvalue weighted by Crippen LogP contribution is -2.05. The lowest BCUT2D eigenvalue weighted by molar-refractivity contribution is 0.307. The third-order valence-electron chi connectivity index (χ3n) is 2.86. The van der Waals surface area contributed by atoms with E-state index in [9.17, 15) is 0 Å². The highest BCUT2D eigenvalue weighted by atomic mass is 35.5. The van der Waals surface area contributed by atoms with Gasteiger partial charge in [-0.25, -0.2) is 0 Å². The molecule has 1 heterocycles. The first-order valence-corrected chi connectivity index (χ1v) is 7.17. The predicted octanol–water partition coefficient (Wildman–Crippen LogP) is 2.93. The lowest BCUT2D eigenvalue weighted by atomic mass is 10.2. The molecule has 2 rings (SSSR count). The molecule has 0 aliphatic rings. The summed E-state index contributed by atoms with van der Waals surface area (Å²) in [5, 5.41) is 0.559. The normalized spacial score (nSPS) is 10.6. The number of nitrogens with two attached hydrogens (primary N) is 2. The van der Waals surface area contributed by atoms with Gasteiger partial charge in [-0.05, 0) is 24.6 Å². The Balaban J connectivity index is 2.30. The zero-order valence-corrected chi connectivity index (χ0v) is 12.6. The first kappa shape index (κ1) is 15.3. The van der Waals surface area contributed by atoms with Gasteiger partial charge in [0, 0.05) is 5.02 Å². The molecule has 0 spiro atoms. The number of unbranched alkanes of at least 4 members (excludes halogenated alkanes) is 2. The second kappa shape index (κ2) is 7.08. The molecule has 4 N–H and O–H groups in total. The lowest BCUT2D eigenvalue weighted by Gasteiger charge is -2.11. The maximum absolute atomic E-state index is 6.04. The highest BCUT2D eigenvalue weighted by Crippen LogP contribution is 2.31. The van der Waals surface area contributed by atoms with Crippen LogP contribution in [0.5, 0.6) is 5.75 Å². The predicted molar refractivity (Wildman–Crippen MR) is 84.1 cm³/mol. The number of hydrogen-bond donors (Lipinski definition) is 2. The number of hydrogen-bond acceptors (Lipinski definition) is 6. The van der Waals surface area contributed by atoms with E-state index in [0.717, 1.165) is 19.3 Å². The molecule has 0 saturated carbocycles. The molecule has 0 fully saturated rings. The third-order valence-corrected chi connectivity index (χ3v) is 3.09. The Morgan fingerprint density at radius 1 is 1.10 bits per heavy atom. The van der Waals surface area contributed by atoms with Gasteiger partial charge in [-0.15, -0.1) is 0 Å². The van der Waals surface area contributed by atoms with Crippen LogP contribution in [0, 0.1) is 0 Å². The van der Waals surface area contributed by atoms with Crippen molar-refractivity contribution < 1.29 is 4.74 Å². The molecule has 0 bridgehead atoms. The number of nitrogen functional groups attached to an aromatic ring is 2. The number of benzene rings is 1. The Labute approximate surface area is 128 Å². The van der Waals surface area contributed by atoms with Gasteiger partial charge in [0.2, 0.25) is 11.9 Å². The van der Waals surface area contributed by atoms with E-state index in [0.29, 0.717) is 28.8 Å². The van der Waals surface area contributed by atoms with Gasteiger partial charge < -0.3 is 16.2 Å². The van der Waals surface area contributed by atoms with Gasteiger partial charge in [-0.3, -0.25) is 0 Å². The molecule has 112 valence electrons. The number of rotatable bonds is 6. The van der Waals surface area contributed by atoms with Crippen LogP contribution in [-0.4, -0.2) is 21.6 Å². The van der Waals surface area contributed by atoms with Crippen molar-refractivity contribution in [2.24, 2.45) is 0 Å². The van der Waals surface area contributed by atoms with E-state index in [1.165, 1.54) is 0 Å². The summed E-state index contributed by atoms with van der Waals surface area (Å²) in [4.78, 5) is 11.9. The zero-order chi connectivity index (χ0) is 15.2. The monoisotopic (exact) mass is 307 g/mol. The van der Waals surface area contributed by atoms with E-state index in [1.54, 1.807) is 18.2 Å². The Hall–Kier alpha value is -2.08. The highest BCUT2D eigenvalue weighted by molar-refractivity contribution is 6.30. The van der Waals surface area contributed by atoms with Crippen molar-refractivity contribution in [3.63, 3.8) is 0 Å². The molecule has 7 heteroatoms. The fourth-order valence-electron chi connectivity index (χ4n) is 1.87. The van der Waals surface area contributed by atoms with Crippen molar-refractivity contribution in [3.05, 3.63) is 23.2 Å². The summed E-state index contributed by atoms with van der Waals surface area (Å²) in [7, 11) is 0. The van der Waals surface area contributed by atoms with Gasteiger partial charge in [0.15, 0.2) is 5.82 Å². The van der Waals surface area contributed by atoms with Crippen LogP contribution >= 0.6 is 11.6 Å². The Morgan fingerprint density at radius 3 is 2.48 bits per heavy atom. The minimum Gasteiger partial charge on any atom is -0.493 e. The van der Waals surface area contributed by atoms with Gasteiger partial charge in [0.05, 0.1) is 12.2 Å². The van der Waals surface area contributed by atoms with Gasteiger partial charge in [0.1, 0.15) is 5.75 Å². The molecule has 1 aromatic heterocycles. The van der Waals surface area contributed by atoms with Crippen LogP contribution in [0.2, 0.25) is 5.02 Å². The van der Waals surface area contributed by atoms with Crippen molar-refractivity contribution in [2.45, 2.75) is 26.2 Å². The van der Waals surface area contributed by atoms with Gasteiger partial charge in [0.25, 0.3) is 0 Å². The van der Waals surface area contributed by atoms with Crippen molar-refractivity contribution in [3.8, 4) is 17.1 Å². The molecule has 0 unspecified atom stereocenters. The van der Waals surface area contributed by atoms with Gasteiger partial charge in [-0.1, -0.05) is 31.4 Å². The highest BCUT2D eigenvalue weighted by Gasteiger charge is 2.12. The standard InChI is InChI=1S/C14H18ClN5O/c1-2-3-4-7-21-11-6-5-9(15)8-10(11)12-18-13(16)20-14(17)19-12/h5-6,8H,2-4,7H2,1H3,(H4,16,17,18,19,20). The minimum atomic E-state index is 0.0643. The molecular weight excluding hydrogens is 290 g/mol. The largest absolute Gasteiger partial charge is 0.493 e. The average molecular weight is 308 g/mol. The van der Waals surface area contributed by atoms with Crippen molar-refractivity contribution in [1.82, 2.24) is 15.0 Å². The van der Waals surface area contributed by atoms with Gasteiger partial charge in [-0.2, -0.15) is 15.0 Å². The van der Waals surface area contributed by atoms with E-state index in [1.807, 2.05) is 0 Å². The molecule has 0 saturated heterocycles. The van der Waals surface area contributed by atoms with E-state index in [2.05, 4.69) is 21.9 Å². The van der Waals surface area contributed by atoms with Crippen molar-refractivity contribution in [2.75, 3.05) is 18.1 Å². The second-order valence-corrected chi connectivity index (χ2v) is 5.01. The summed E-state index contributed by atoms with van der Waals surface area (Å²) in [5.74, 6) is 1.14. The van der Waals surface area contributed by atoms with Gasteiger partial charge >= 0.3 is 0 Å². The topological polar surface area (TPSA) is 99.9 Å². The zero-order valence-electron chi connectivity index (χ0n) is 11.8. The first-order valence-electron chi connectivity index (χ1n) is 6.80. The number of nitrogens with zero attached hydrogens (tertiary/aromatic N) is 3. The molecule has 6 nitrogen and oxygen atoms in total. The van der Waals surface area contributed by atoms with Crippen LogP contribution in [0.25, 0.3) is 11.4 Å². The third kappa shape index (κ3) is 4.19.